The molecule has 5 heteroatoms. The molecule has 0 N–H and O–H groups in total. The lowest BCUT2D eigenvalue weighted by Gasteiger charge is -2.26. The van der Waals surface area contributed by atoms with Crippen LogP contribution in [0, 0.1) is 5.82 Å². The Morgan fingerprint density at radius 1 is 1.32 bits per heavy atom. The van der Waals surface area contributed by atoms with Crippen molar-refractivity contribution < 1.29 is 8.91 Å². The Kier molecular flexibility index (Phi) is 2.97. The highest BCUT2D eigenvalue weighted by molar-refractivity contribution is 5.38. The number of anilines is 1. The van der Waals surface area contributed by atoms with E-state index < -0.39 is 0 Å². The van der Waals surface area contributed by atoms with Crippen molar-refractivity contribution in [2.24, 2.45) is 0 Å². The first-order valence-electron chi connectivity index (χ1n) is 6.49. The number of rotatable bonds is 2. The second-order valence-electron chi connectivity index (χ2n) is 5.17. The average molecular weight is 261 g/mol. The van der Waals surface area contributed by atoms with Gasteiger partial charge in [-0.05, 0) is 29.7 Å². The van der Waals surface area contributed by atoms with Crippen molar-refractivity contribution in [2.45, 2.75) is 32.7 Å². The number of fused-ring (bicyclic) bond motifs is 1. The molecule has 0 saturated heterocycles. The number of hydrogen-bond donors (Lipinski definition) is 0. The maximum absolute atomic E-state index is 13.2. The van der Waals surface area contributed by atoms with Gasteiger partial charge in [0.25, 0.3) is 0 Å². The van der Waals surface area contributed by atoms with Crippen LogP contribution in [0.3, 0.4) is 0 Å². The van der Waals surface area contributed by atoms with E-state index in [2.05, 4.69) is 10.1 Å². The normalized spacial score (nSPS) is 14.8. The minimum Gasteiger partial charge on any atom is -0.320 e. The average Bonchev–Trinajstić information content (AvgIpc) is 2.88. The molecule has 0 radical (unpaired) electrons. The second kappa shape index (κ2) is 4.64. The third-order valence-electron chi connectivity index (χ3n) is 3.40. The van der Waals surface area contributed by atoms with Crippen LogP contribution >= 0.6 is 0 Å². The number of nitrogens with zero attached hydrogens (tertiary/aromatic N) is 3. The van der Waals surface area contributed by atoms with Crippen molar-refractivity contribution in [2.75, 3.05) is 11.4 Å². The zero-order valence-corrected chi connectivity index (χ0v) is 11.1. The summed E-state index contributed by atoms with van der Waals surface area (Å²) in [5, 5.41) is 3.97. The van der Waals surface area contributed by atoms with Gasteiger partial charge in [-0.2, -0.15) is 4.98 Å². The molecule has 0 bridgehead atoms. The fourth-order valence-electron chi connectivity index (χ4n) is 2.27. The topological polar surface area (TPSA) is 42.2 Å². The molecule has 19 heavy (non-hydrogen) atoms. The summed E-state index contributed by atoms with van der Waals surface area (Å²) >= 11 is 0. The summed E-state index contributed by atoms with van der Waals surface area (Å²) in [5.74, 6) is 0.802. The Morgan fingerprint density at radius 2 is 2.16 bits per heavy atom. The van der Waals surface area contributed by atoms with Gasteiger partial charge in [0.05, 0.1) is 0 Å². The van der Waals surface area contributed by atoms with E-state index in [0.29, 0.717) is 12.6 Å². The van der Waals surface area contributed by atoms with E-state index in [-0.39, 0.29) is 11.7 Å². The number of aromatic nitrogens is 2. The quantitative estimate of drug-likeness (QED) is 0.833. The number of hydrogen-bond acceptors (Lipinski definition) is 4. The molecule has 2 heterocycles. The minimum absolute atomic E-state index is 0.174. The van der Waals surface area contributed by atoms with Crippen LogP contribution < -0.4 is 4.90 Å². The highest BCUT2D eigenvalue weighted by Gasteiger charge is 2.21. The molecule has 0 aliphatic carbocycles. The summed E-state index contributed by atoms with van der Waals surface area (Å²) < 4.78 is 18.4. The van der Waals surface area contributed by atoms with Crippen molar-refractivity contribution in [1.82, 2.24) is 10.1 Å². The molecule has 0 saturated carbocycles. The van der Waals surface area contributed by atoms with Gasteiger partial charge >= 0.3 is 6.01 Å². The van der Waals surface area contributed by atoms with Crippen LogP contribution in [0.4, 0.5) is 10.4 Å². The first kappa shape index (κ1) is 12.1. The molecule has 0 atom stereocenters. The smallest absolute Gasteiger partial charge is 0.320 e. The molecule has 0 spiro atoms. The maximum atomic E-state index is 13.2. The molecular formula is C14H16FN3O. The van der Waals surface area contributed by atoms with Crippen LogP contribution in [-0.2, 0) is 13.0 Å². The highest BCUT2D eigenvalue weighted by atomic mass is 19.1. The zero-order valence-electron chi connectivity index (χ0n) is 11.1. The molecule has 3 rings (SSSR count). The zero-order chi connectivity index (χ0) is 13.4. The lowest BCUT2D eigenvalue weighted by atomic mass is 10.00. The fraction of sp³-hybridized carbons (Fsp3) is 0.429. The van der Waals surface area contributed by atoms with Crippen LogP contribution in [-0.4, -0.2) is 16.7 Å². The SMILES string of the molecule is CC(C)c1noc(N2CCc3cc(F)ccc3C2)n1. The van der Waals surface area contributed by atoms with Crippen molar-refractivity contribution in [3.63, 3.8) is 0 Å². The van der Waals surface area contributed by atoms with Crippen molar-refractivity contribution >= 4 is 6.01 Å². The van der Waals surface area contributed by atoms with E-state index in [0.717, 1.165) is 29.9 Å². The standard InChI is InChI=1S/C14H16FN3O/c1-9(2)13-16-14(19-17-13)18-6-5-10-7-12(15)4-3-11(10)8-18/h3-4,7,9H,5-6,8H2,1-2H3. The summed E-state index contributed by atoms with van der Waals surface area (Å²) in [5.41, 5.74) is 2.19. The van der Waals surface area contributed by atoms with Gasteiger partial charge in [0.15, 0.2) is 5.82 Å². The molecular weight excluding hydrogens is 245 g/mol. The summed E-state index contributed by atoms with van der Waals surface area (Å²) in [6.45, 7) is 5.53. The summed E-state index contributed by atoms with van der Waals surface area (Å²) in [7, 11) is 0. The van der Waals surface area contributed by atoms with E-state index in [4.69, 9.17) is 4.52 Å². The van der Waals surface area contributed by atoms with E-state index in [1.54, 1.807) is 6.07 Å². The Labute approximate surface area is 111 Å². The number of benzene rings is 1. The minimum atomic E-state index is -0.174. The molecule has 1 aliphatic heterocycles. The highest BCUT2D eigenvalue weighted by Crippen LogP contribution is 2.24. The van der Waals surface area contributed by atoms with Gasteiger partial charge in [0.2, 0.25) is 0 Å². The maximum Gasteiger partial charge on any atom is 0.324 e. The van der Waals surface area contributed by atoms with Crippen molar-refractivity contribution in [3.05, 3.63) is 41.0 Å². The molecule has 1 aromatic carbocycles. The Morgan fingerprint density at radius 3 is 2.89 bits per heavy atom. The van der Waals surface area contributed by atoms with Gasteiger partial charge in [-0.25, -0.2) is 4.39 Å². The predicted molar refractivity (Wildman–Crippen MR) is 69.5 cm³/mol. The van der Waals surface area contributed by atoms with Crippen molar-refractivity contribution in [3.8, 4) is 0 Å². The first-order valence-corrected chi connectivity index (χ1v) is 6.49. The molecule has 0 amide bonds. The van der Waals surface area contributed by atoms with Crippen LogP contribution in [0.25, 0.3) is 0 Å². The van der Waals surface area contributed by atoms with Gasteiger partial charge in [-0.15, -0.1) is 0 Å². The van der Waals surface area contributed by atoms with Gasteiger partial charge in [-0.3, -0.25) is 0 Å². The largest absolute Gasteiger partial charge is 0.324 e. The van der Waals surface area contributed by atoms with Gasteiger partial charge in [0, 0.05) is 19.0 Å². The van der Waals surface area contributed by atoms with E-state index in [1.165, 1.54) is 6.07 Å². The Hall–Kier alpha value is -1.91. The molecule has 1 aromatic heterocycles. The van der Waals surface area contributed by atoms with Crippen LogP contribution in [0.2, 0.25) is 0 Å². The lowest BCUT2D eigenvalue weighted by molar-refractivity contribution is 0.401. The summed E-state index contributed by atoms with van der Waals surface area (Å²) in [6.07, 6.45) is 0.798. The van der Waals surface area contributed by atoms with Crippen molar-refractivity contribution in [1.29, 1.82) is 0 Å². The van der Waals surface area contributed by atoms with E-state index >= 15 is 0 Å². The monoisotopic (exact) mass is 261 g/mol. The van der Waals surface area contributed by atoms with Crippen LogP contribution in [0.5, 0.6) is 0 Å². The fourth-order valence-corrected chi connectivity index (χ4v) is 2.27. The predicted octanol–water partition coefficient (Wildman–Crippen LogP) is 2.89. The van der Waals surface area contributed by atoms with Gasteiger partial charge < -0.3 is 9.42 Å². The van der Waals surface area contributed by atoms with Gasteiger partial charge in [0.1, 0.15) is 5.82 Å². The van der Waals surface area contributed by atoms with Gasteiger partial charge in [-0.1, -0.05) is 25.1 Å². The second-order valence-corrected chi connectivity index (χ2v) is 5.17. The molecule has 2 aromatic rings. The Bertz CT molecular complexity index is 594. The molecule has 0 fully saturated rings. The first-order chi connectivity index (χ1) is 9.13. The molecule has 1 aliphatic rings. The van der Waals surface area contributed by atoms with Crippen LogP contribution in [0.15, 0.2) is 22.7 Å². The van der Waals surface area contributed by atoms with Crippen LogP contribution in [0.1, 0.15) is 36.7 Å². The lowest BCUT2D eigenvalue weighted by Crippen LogP contribution is -2.30. The molecule has 100 valence electrons. The third kappa shape index (κ3) is 2.32. The molecule has 4 nitrogen and oxygen atoms in total. The summed E-state index contributed by atoms with van der Waals surface area (Å²) in [4.78, 5) is 6.44. The van der Waals surface area contributed by atoms with E-state index in [9.17, 15) is 4.39 Å². The molecule has 0 unspecified atom stereocenters. The van der Waals surface area contributed by atoms with E-state index in [1.807, 2.05) is 24.8 Å². The number of halogens is 1. The third-order valence-corrected chi connectivity index (χ3v) is 3.40. The Balaban J connectivity index is 1.83. The summed E-state index contributed by atoms with van der Waals surface area (Å²) in [6, 6.07) is 5.49.